The molecule has 3 aromatic rings. The molecule has 7 nitrogen and oxygen atoms in total. The first-order valence-corrected chi connectivity index (χ1v) is 10.9. The third-order valence-electron chi connectivity index (χ3n) is 5.43. The summed E-state index contributed by atoms with van der Waals surface area (Å²) in [6.07, 6.45) is 0. The maximum atomic E-state index is 13.5. The molecule has 0 aromatic heterocycles. The molecule has 0 saturated heterocycles. The van der Waals surface area contributed by atoms with Gasteiger partial charge in [0.15, 0.2) is 0 Å². The van der Waals surface area contributed by atoms with Gasteiger partial charge in [-0.1, -0.05) is 41.9 Å². The number of carbonyl (C=O) groups excluding carboxylic acids is 2. The molecule has 8 heteroatoms. The summed E-state index contributed by atoms with van der Waals surface area (Å²) < 4.78 is 0. The first-order chi connectivity index (χ1) is 15.9. The number of nitrogens with one attached hydrogen (secondary N) is 1. The SMILES string of the molecule is CN1CCN=C1c1ccc(NC(=O)C(c2ccccc2)N(C(N)=O)c2ccc(Cl)cc2)cc1. The zero-order chi connectivity index (χ0) is 23.4. The van der Waals surface area contributed by atoms with Crippen molar-refractivity contribution >= 4 is 40.7 Å². The number of anilines is 2. The van der Waals surface area contributed by atoms with Crippen molar-refractivity contribution in [3.8, 4) is 0 Å². The summed E-state index contributed by atoms with van der Waals surface area (Å²) >= 11 is 6.01. The van der Waals surface area contributed by atoms with E-state index >= 15 is 0 Å². The highest BCUT2D eigenvalue weighted by molar-refractivity contribution is 6.30. The normalized spacial score (nSPS) is 13.9. The van der Waals surface area contributed by atoms with Crippen molar-refractivity contribution < 1.29 is 9.59 Å². The van der Waals surface area contributed by atoms with Crippen LogP contribution in [0, 0.1) is 0 Å². The molecular weight excluding hydrogens is 438 g/mol. The number of hydrogen-bond acceptors (Lipinski definition) is 4. The molecule has 0 spiro atoms. The molecule has 33 heavy (non-hydrogen) atoms. The Hall–Kier alpha value is -3.84. The Morgan fingerprint density at radius 2 is 1.70 bits per heavy atom. The van der Waals surface area contributed by atoms with E-state index in [4.69, 9.17) is 17.3 Å². The molecule has 0 fully saturated rings. The molecule has 0 saturated carbocycles. The lowest BCUT2D eigenvalue weighted by molar-refractivity contribution is -0.117. The van der Waals surface area contributed by atoms with Crippen LogP contribution >= 0.6 is 11.6 Å². The molecule has 3 N–H and O–H groups in total. The molecule has 1 atom stereocenters. The third-order valence-corrected chi connectivity index (χ3v) is 5.69. The van der Waals surface area contributed by atoms with E-state index in [2.05, 4.69) is 15.2 Å². The highest BCUT2D eigenvalue weighted by Crippen LogP contribution is 2.29. The Bertz CT molecular complexity index is 1160. The Kier molecular flexibility index (Phi) is 6.60. The standard InChI is InChI=1S/C25H24ClN5O2/c1-30-16-15-28-23(30)18-7-11-20(12-8-18)29-24(32)22(17-5-3-2-4-6-17)31(25(27)33)21-13-9-19(26)10-14-21/h2-14,22H,15-16H2,1H3,(H2,27,33)(H,29,32). The van der Waals surface area contributed by atoms with Gasteiger partial charge in [-0.15, -0.1) is 0 Å². The largest absolute Gasteiger partial charge is 0.358 e. The molecule has 1 aliphatic rings. The zero-order valence-electron chi connectivity index (χ0n) is 18.1. The predicted octanol–water partition coefficient (Wildman–Crippen LogP) is 4.30. The lowest BCUT2D eigenvalue weighted by atomic mass is 10.0. The maximum absolute atomic E-state index is 13.5. The molecule has 0 radical (unpaired) electrons. The van der Waals surface area contributed by atoms with Crippen molar-refractivity contribution in [2.24, 2.45) is 10.7 Å². The maximum Gasteiger partial charge on any atom is 0.320 e. The number of carbonyl (C=O) groups is 2. The second kappa shape index (κ2) is 9.75. The van der Waals surface area contributed by atoms with Crippen LogP contribution < -0.4 is 16.0 Å². The quantitative estimate of drug-likeness (QED) is 0.573. The summed E-state index contributed by atoms with van der Waals surface area (Å²) in [7, 11) is 2.00. The van der Waals surface area contributed by atoms with Crippen LogP contribution in [-0.4, -0.2) is 42.8 Å². The van der Waals surface area contributed by atoms with Gasteiger partial charge in [0.25, 0.3) is 5.91 Å². The van der Waals surface area contributed by atoms with Crippen molar-refractivity contribution in [2.45, 2.75) is 6.04 Å². The predicted molar refractivity (Wildman–Crippen MR) is 132 cm³/mol. The van der Waals surface area contributed by atoms with Gasteiger partial charge in [0, 0.05) is 35.6 Å². The van der Waals surface area contributed by atoms with E-state index < -0.39 is 18.0 Å². The van der Waals surface area contributed by atoms with Crippen LogP contribution in [-0.2, 0) is 4.79 Å². The second-order valence-corrected chi connectivity index (χ2v) is 8.13. The third kappa shape index (κ3) is 4.99. The van der Waals surface area contributed by atoms with Crippen molar-refractivity contribution in [1.82, 2.24) is 4.90 Å². The Labute approximate surface area is 197 Å². The van der Waals surface area contributed by atoms with E-state index in [1.54, 1.807) is 36.4 Å². The Morgan fingerprint density at radius 1 is 1.03 bits per heavy atom. The van der Waals surface area contributed by atoms with Crippen LogP contribution in [0.15, 0.2) is 83.9 Å². The summed E-state index contributed by atoms with van der Waals surface area (Å²) in [6.45, 7) is 1.66. The number of primary amides is 1. The van der Waals surface area contributed by atoms with Crippen molar-refractivity contribution in [3.05, 3.63) is 95.0 Å². The highest BCUT2D eigenvalue weighted by atomic mass is 35.5. The first-order valence-electron chi connectivity index (χ1n) is 10.5. The van der Waals surface area contributed by atoms with Gasteiger partial charge in [-0.3, -0.25) is 14.7 Å². The van der Waals surface area contributed by atoms with Crippen LogP contribution in [0.3, 0.4) is 0 Å². The molecular formula is C25H24ClN5O2. The smallest absolute Gasteiger partial charge is 0.320 e. The topological polar surface area (TPSA) is 91.0 Å². The van der Waals surface area contributed by atoms with E-state index in [9.17, 15) is 9.59 Å². The van der Waals surface area contributed by atoms with Crippen molar-refractivity contribution in [1.29, 1.82) is 0 Å². The minimum Gasteiger partial charge on any atom is -0.358 e. The number of likely N-dealkylation sites (N-methyl/N-ethyl adjacent to an activating group) is 1. The van der Waals surface area contributed by atoms with Crippen molar-refractivity contribution in [2.75, 3.05) is 30.4 Å². The molecule has 168 valence electrons. The second-order valence-electron chi connectivity index (χ2n) is 7.69. The lowest BCUT2D eigenvalue weighted by Crippen LogP contribution is -2.44. The Morgan fingerprint density at radius 3 is 2.27 bits per heavy atom. The van der Waals surface area contributed by atoms with Gasteiger partial charge < -0.3 is 16.0 Å². The fraction of sp³-hybridized carbons (Fsp3) is 0.160. The molecule has 0 aliphatic carbocycles. The molecule has 3 amide bonds. The summed E-state index contributed by atoms with van der Waals surface area (Å²) in [4.78, 5) is 33.8. The Balaban J connectivity index is 1.64. The number of nitrogens with two attached hydrogens (primary N) is 1. The average molecular weight is 462 g/mol. The van der Waals surface area contributed by atoms with Crippen molar-refractivity contribution in [3.63, 3.8) is 0 Å². The molecule has 4 rings (SSSR count). The number of benzene rings is 3. The fourth-order valence-corrected chi connectivity index (χ4v) is 3.94. The lowest BCUT2D eigenvalue weighted by Gasteiger charge is -2.30. The minimum atomic E-state index is -0.977. The van der Waals surface area contributed by atoms with E-state index in [0.717, 1.165) is 24.5 Å². The van der Waals surface area contributed by atoms with Gasteiger partial charge in [0.05, 0.1) is 6.54 Å². The number of halogens is 1. The molecule has 1 unspecified atom stereocenters. The van der Waals surface area contributed by atoms with Crippen LogP contribution in [0.1, 0.15) is 17.2 Å². The number of nitrogens with zero attached hydrogens (tertiary/aromatic N) is 3. The van der Waals surface area contributed by atoms with Gasteiger partial charge in [0.1, 0.15) is 11.9 Å². The molecule has 1 aliphatic heterocycles. The number of urea groups is 1. The number of amidine groups is 1. The number of aliphatic imine (C=N–C) groups is 1. The molecule has 3 aromatic carbocycles. The molecule has 1 heterocycles. The fourth-order valence-electron chi connectivity index (χ4n) is 3.82. The van der Waals surface area contributed by atoms with Crippen LogP contribution in [0.4, 0.5) is 16.2 Å². The zero-order valence-corrected chi connectivity index (χ0v) is 18.9. The summed E-state index contributed by atoms with van der Waals surface area (Å²) in [5, 5.41) is 3.43. The van der Waals surface area contributed by atoms with Gasteiger partial charge >= 0.3 is 6.03 Å². The molecule has 0 bridgehead atoms. The average Bonchev–Trinajstić information content (AvgIpc) is 3.25. The van der Waals surface area contributed by atoms with E-state index in [0.29, 0.717) is 22.0 Å². The summed E-state index contributed by atoms with van der Waals surface area (Å²) in [5.41, 5.74) is 8.41. The van der Waals surface area contributed by atoms with E-state index in [1.807, 2.05) is 49.5 Å². The van der Waals surface area contributed by atoms with Gasteiger partial charge in [-0.25, -0.2) is 4.79 Å². The number of hydrogen-bond donors (Lipinski definition) is 2. The monoisotopic (exact) mass is 461 g/mol. The number of amides is 3. The van der Waals surface area contributed by atoms with E-state index in [1.165, 1.54) is 4.90 Å². The van der Waals surface area contributed by atoms with Crippen LogP contribution in [0.2, 0.25) is 5.02 Å². The van der Waals surface area contributed by atoms with Crippen LogP contribution in [0.5, 0.6) is 0 Å². The summed E-state index contributed by atoms with van der Waals surface area (Å²) in [5.74, 6) is 0.538. The highest BCUT2D eigenvalue weighted by Gasteiger charge is 2.31. The summed E-state index contributed by atoms with van der Waals surface area (Å²) in [6, 6.07) is 21.4. The first kappa shape index (κ1) is 22.4. The minimum absolute atomic E-state index is 0.391. The van der Waals surface area contributed by atoms with Gasteiger partial charge in [-0.2, -0.15) is 0 Å². The number of rotatable bonds is 6. The van der Waals surface area contributed by atoms with E-state index in [-0.39, 0.29) is 0 Å². The van der Waals surface area contributed by atoms with Gasteiger partial charge in [-0.05, 0) is 54.1 Å². The van der Waals surface area contributed by atoms with Crippen LogP contribution in [0.25, 0.3) is 0 Å². The van der Waals surface area contributed by atoms with Gasteiger partial charge in [0.2, 0.25) is 0 Å².